The van der Waals surface area contributed by atoms with Gasteiger partial charge in [0, 0.05) is 10.0 Å². The van der Waals surface area contributed by atoms with E-state index in [1.807, 2.05) is 24.3 Å². The van der Waals surface area contributed by atoms with E-state index in [2.05, 4.69) is 15.9 Å². The number of rotatable bonds is 6. The van der Waals surface area contributed by atoms with Crippen LogP contribution in [0.1, 0.15) is 28.4 Å². The molecular weight excluding hydrogens is 348 g/mol. The third-order valence-corrected chi connectivity index (χ3v) is 3.59. The van der Waals surface area contributed by atoms with Gasteiger partial charge in [-0.15, -0.1) is 0 Å². The summed E-state index contributed by atoms with van der Waals surface area (Å²) in [5, 5.41) is 8.95. The lowest BCUT2D eigenvalue weighted by Crippen LogP contribution is -2.07. The second kappa shape index (κ2) is 7.22. The first-order chi connectivity index (χ1) is 10.5. The summed E-state index contributed by atoms with van der Waals surface area (Å²) in [4.78, 5) is 22.5. The number of ketones is 1. The maximum absolute atomic E-state index is 11.5. The number of carboxylic acids is 1. The fourth-order valence-corrected chi connectivity index (χ4v) is 2.55. The van der Waals surface area contributed by atoms with Gasteiger partial charge in [0.15, 0.2) is 5.78 Å². The maximum atomic E-state index is 11.5. The lowest BCUT2D eigenvalue weighted by molar-refractivity contribution is -0.136. The lowest BCUT2D eigenvalue weighted by Gasteiger charge is -2.10. The van der Waals surface area contributed by atoms with Gasteiger partial charge < -0.3 is 9.84 Å². The topological polar surface area (TPSA) is 63.6 Å². The van der Waals surface area contributed by atoms with Crippen molar-refractivity contribution in [1.82, 2.24) is 0 Å². The zero-order chi connectivity index (χ0) is 16.1. The molecule has 0 unspecified atom stereocenters. The molecule has 1 N–H and O–H groups in total. The first kappa shape index (κ1) is 16.2. The molecule has 0 amide bonds. The first-order valence-electron chi connectivity index (χ1n) is 6.68. The molecule has 0 radical (unpaired) electrons. The summed E-state index contributed by atoms with van der Waals surface area (Å²) in [5.74, 6) is -0.595. The predicted molar refractivity (Wildman–Crippen MR) is 86.3 cm³/mol. The highest BCUT2D eigenvalue weighted by molar-refractivity contribution is 9.10. The Kier molecular flexibility index (Phi) is 5.33. The van der Waals surface area contributed by atoms with Crippen molar-refractivity contribution in [2.75, 3.05) is 0 Å². The fourth-order valence-electron chi connectivity index (χ4n) is 2.11. The average molecular weight is 363 g/mol. The number of carbonyl (C=O) groups is 2. The van der Waals surface area contributed by atoms with Crippen molar-refractivity contribution in [2.24, 2.45) is 0 Å². The van der Waals surface area contributed by atoms with Gasteiger partial charge in [0.05, 0.1) is 6.42 Å². The Hall–Kier alpha value is -2.14. The fraction of sp³-hybridized carbons (Fsp3) is 0.176. The van der Waals surface area contributed by atoms with Crippen LogP contribution in [0.5, 0.6) is 5.75 Å². The summed E-state index contributed by atoms with van der Waals surface area (Å²) in [6.07, 6.45) is -0.205. The van der Waals surface area contributed by atoms with Crippen LogP contribution in [0.25, 0.3) is 0 Å². The smallest absolute Gasteiger partial charge is 0.307 e. The largest absolute Gasteiger partial charge is 0.489 e. The zero-order valence-electron chi connectivity index (χ0n) is 12.0. The van der Waals surface area contributed by atoms with Crippen molar-refractivity contribution in [1.29, 1.82) is 0 Å². The van der Waals surface area contributed by atoms with E-state index in [4.69, 9.17) is 9.84 Å². The van der Waals surface area contributed by atoms with Gasteiger partial charge in [-0.2, -0.15) is 0 Å². The van der Waals surface area contributed by atoms with E-state index in [0.29, 0.717) is 23.5 Å². The molecule has 0 spiro atoms. The molecular formula is C17H15BrO4. The molecule has 5 heteroatoms. The van der Waals surface area contributed by atoms with Gasteiger partial charge in [-0.25, -0.2) is 0 Å². The molecule has 0 fully saturated rings. The van der Waals surface area contributed by atoms with Crippen molar-refractivity contribution in [3.63, 3.8) is 0 Å². The van der Waals surface area contributed by atoms with E-state index >= 15 is 0 Å². The van der Waals surface area contributed by atoms with Gasteiger partial charge in [-0.3, -0.25) is 9.59 Å². The Morgan fingerprint density at radius 1 is 1.18 bits per heavy atom. The Balaban J connectivity index is 2.17. The molecule has 4 nitrogen and oxygen atoms in total. The van der Waals surface area contributed by atoms with Crippen LogP contribution in [0.15, 0.2) is 46.9 Å². The van der Waals surface area contributed by atoms with Crippen molar-refractivity contribution < 1.29 is 19.4 Å². The van der Waals surface area contributed by atoms with Crippen LogP contribution in [-0.2, 0) is 17.8 Å². The van der Waals surface area contributed by atoms with Crippen LogP contribution in [0, 0.1) is 0 Å². The molecule has 0 saturated carbocycles. The molecule has 0 aliphatic heterocycles. The number of hydrogen-bond donors (Lipinski definition) is 1. The molecule has 2 aromatic carbocycles. The van der Waals surface area contributed by atoms with Crippen LogP contribution in [0.4, 0.5) is 0 Å². The summed E-state index contributed by atoms with van der Waals surface area (Å²) >= 11 is 3.39. The van der Waals surface area contributed by atoms with E-state index in [1.165, 1.54) is 6.92 Å². The highest BCUT2D eigenvalue weighted by Crippen LogP contribution is 2.21. The highest BCUT2D eigenvalue weighted by atomic mass is 79.9. The molecule has 0 bridgehead atoms. The predicted octanol–water partition coefficient (Wildman–Crippen LogP) is 3.86. The van der Waals surface area contributed by atoms with Gasteiger partial charge in [-0.05, 0) is 48.4 Å². The van der Waals surface area contributed by atoms with Gasteiger partial charge in [0.1, 0.15) is 12.4 Å². The summed E-state index contributed by atoms with van der Waals surface area (Å²) in [6, 6.07) is 12.6. The lowest BCUT2D eigenvalue weighted by atomic mass is 10.0. The maximum Gasteiger partial charge on any atom is 0.307 e. The molecule has 0 aromatic heterocycles. The summed E-state index contributed by atoms with van der Waals surface area (Å²) < 4.78 is 6.64. The first-order valence-corrected chi connectivity index (χ1v) is 7.48. The Morgan fingerprint density at radius 3 is 2.59 bits per heavy atom. The van der Waals surface area contributed by atoms with Crippen LogP contribution in [-0.4, -0.2) is 16.9 Å². The van der Waals surface area contributed by atoms with Crippen LogP contribution >= 0.6 is 15.9 Å². The van der Waals surface area contributed by atoms with Gasteiger partial charge >= 0.3 is 5.97 Å². The summed E-state index contributed by atoms with van der Waals surface area (Å²) in [7, 11) is 0. The molecule has 0 atom stereocenters. The third kappa shape index (κ3) is 4.43. The van der Waals surface area contributed by atoms with Crippen molar-refractivity contribution in [3.05, 3.63) is 63.6 Å². The highest BCUT2D eigenvalue weighted by Gasteiger charge is 2.12. The Labute approximate surface area is 136 Å². The quantitative estimate of drug-likeness (QED) is 0.792. The van der Waals surface area contributed by atoms with Crippen molar-refractivity contribution >= 4 is 27.7 Å². The standard InChI is InChI=1S/C17H15BrO4/c1-11(19)16-6-5-15(8-13(16)9-17(20)21)22-10-12-3-2-4-14(18)7-12/h2-8H,9-10H2,1H3,(H,20,21). The normalized spacial score (nSPS) is 10.3. The second-order valence-electron chi connectivity index (χ2n) is 4.86. The van der Waals surface area contributed by atoms with Gasteiger partial charge in [0.25, 0.3) is 0 Å². The molecule has 0 aliphatic rings. The van der Waals surface area contributed by atoms with Crippen LogP contribution in [0.3, 0.4) is 0 Å². The minimum absolute atomic E-state index is 0.158. The number of ether oxygens (including phenoxy) is 1. The second-order valence-corrected chi connectivity index (χ2v) is 5.78. The molecule has 0 saturated heterocycles. The molecule has 2 aromatic rings. The Bertz CT molecular complexity index is 710. The molecule has 114 valence electrons. The van der Waals surface area contributed by atoms with Crippen LogP contribution in [0.2, 0.25) is 0 Å². The van der Waals surface area contributed by atoms with Crippen molar-refractivity contribution in [3.8, 4) is 5.75 Å². The number of halogens is 1. The van der Waals surface area contributed by atoms with E-state index in [-0.39, 0.29) is 12.2 Å². The number of carbonyl (C=O) groups excluding carboxylic acids is 1. The van der Waals surface area contributed by atoms with E-state index in [0.717, 1.165) is 10.0 Å². The number of carboxylic acid groups (broad SMARTS) is 1. The zero-order valence-corrected chi connectivity index (χ0v) is 13.6. The van der Waals surface area contributed by atoms with Crippen LogP contribution < -0.4 is 4.74 Å². The molecule has 0 heterocycles. The molecule has 2 rings (SSSR count). The SMILES string of the molecule is CC(=O)c1ccc(OCc2cccc(Br)c2)cc1CC(=O)O. The number of benzene rings is 2. The number of hydrogen-bond acceptors (Lipinski definition) is 3. The monoisotopic (exact) mass is 362 g/mol. The molecule has 0 aliphatic carbocycles. The van der Waals surface area contributed by atoms with Crippen molar-refractivity contribution in [2.45, 2.75) is 20.0 Å². The van der Waals surface area contributed by atoms with E-state index in [9.17, 15) is 9.59 Å². The van der Waals surface area contributed by atoms with Gasteiger partial charge in [0.2, 0.25) is 0 Å². The Morgan fingerprint density at radius 2 is 1.95 bits per heavy atom. The summed E-state index contributed by atoms with van der Waals surface area (Å²) in [6.45, 7) is 1.79. The third-order valence-electron chi connectivity index (χ3n) is 3.09. The van der Waals surface area contributed by atoms with E-state index < -0.39 is 5.97 Å². The summed E-state index contributed by atoms with van der Waals surface area (Å²) in [5.41, 5.74) is 1.87. The average Bonchev–Trinajstić information content (AvgIpc) is 2.44. The minimum Gasteiger partial charge on any atom is -0.489 e. The number of aliphatic carboxylic acids is 1. The van der Waals surface area contributed by atoms with E-state index in [1.54, 1.807) is 18.2 Å². The minimum atomic E-state index is -0.980. The van der Waals surface area contributed by atoms with Gasteiger partial charge in [-0.1, -0.05) is 28.1 Å². The number of Topliss-reactive ketones (excluding diaryl/α,β-unsaturated/α-hetero) is 1. The molecule has 22 heavy (non-hydrogen) atoms.